The summed E-state index contributed by atoms with van der Waals surface area (Å²) < 4.78 is 17.1. The number of Topliss-reactive ketones (excluding diaryl/α,β-unsaturated/α-hetero) is 1. The van der Waals surface area contributed by atoms with Crippen LogP contribution in [-0.4, -0.2) is 36.6 Å². The van der Waals surface area contributed by atoms with E-state index in [0.29, 0.717) is 26.6 Å². The van der Waals surface area contributed by atoms with Gasteiger partial charge in [-0.15, -0.1) is 22.7 Å². The van der Waals surface area contributed by atoms with Crippen LogP contribution in [0.2, 0.25) is 4.34 Å². The maximum absolute atomic E-state index is 12.4. The molecule has 1 aromatic carbocycles. The molecule has 0 aliphatic rings. The molecule has 0 atom stereocenters. The van der Waals surface area contributed by atoms with E-state index in [1.54, 1.807) is 26.4 Å². The first-order valence-electron chi connectivity index (χ1n) is 8.46. The third kappa shape index (κ3) is 3.91. The number of ether oxygens (including phenoxy) is 3. The van der Waals surface area contributed by atoms with E-state index in [4.69, 9.17) is 25.8 Å². The summed E-state index contributed by atoms with van der Waals surface area (Å²) in [6.45, 7) is -0.135. The number of nitrogens with zero attached hydrogens (tertiary/aromatic N) is 2. The van der Waals surface area contributed by atoms with Gasteiger partial charge >= 0.3 is 0 Å². The third-order valence-corrected chi connectivity index (χ3v) is 6.38. The van der Waals surface area contributed by atoms with Gasteiger partial charge in [-0.05, 0) is 29.8 Å². The Balaban J connectivity index is 1.68. The zero-order valence-corrected chi connectivity index (χ0v) is 17.9. The summed E-state index contributed by atoms with van der Waals surface area (Å²) in [6.07, 6.45) is 1.43. The summed E-state index contributed by atoms with van der Waals surface area (Å²) in [5.41, 5.74) is 1.80. The van der Waals surface area contributed by atoms with Gasteiger partial charge in [0.25, 0.3) is 0 Å². The van der Waals surface area contributed by atoms with E-state index in [0.717, 1.165) is 21.3 Å². The van der Waals surface area contributed by atoms with E-state index in [2.05, 4.69) is 9.97 Å². The second-order valence-electron chi connectivity index (χ2n) is 5.89. The van der Waals surface area contributed by atoms with Gasteiger partial charge in [0.15, 0.2) is 18.1 Å². The van der Waals surface area contributed by atoms with Crippen LogP contribution < -0.4 is 14.2 Å². The smallest absolute Gasteiger partial charge is 0.226 e. The Bertz CT molecular complexity index is 1190. The Morgan fingerprint density at radius 2 is 1.93 bits per heavy atom. The molecule has 0 radical (unpaired) electrons. The fourth-order valence-corrected chi connectivity index (χ4v) is 4.72. The summed E-state index contributed by atoms with van der Waals surface area (Å²) in [5.74, 6) is 1.46. The summed E-state index contributed by atoms with van der Waals surface area (Å²) in [5, 5.41) is 2.73. The Labute approximate surface area is 179 Å². The first-order chi connectivity index (χ1) is 14.1. The van der Waals surface area contributed by atoms with E-state index in [-0.39, 0.29) is 12.4 Å². The maximum atomic E-state index is 12.4. The average Bonchev–Trinajstić information content (AvgIpc) is 3.38. The maximum Gasteiger partial charge on any atom is 0.226 e. The second kappa shape index (κ2) is 8.36. The molecule has 4 rings (SSSR count). The third-order valence-electron chi connectivity index (χ3n) is 4.22. The van der Waals surface area contributed by atoms with Crippen LogP contribution in [0.15, 0.2) is 42.0 Å². The van der Waals surface area contributed by atoms with Crippen LogP contribution in [0.3, 0.4) is 0 Å². The van der Waals surface area contributed by atoms with Gasteiger partial charge in [-0.3, -0.25) is 4.79 Å². The molecule has 0 saturated heterocycles. The minimum Gasteiger partial charge on any atom is -0.493 e. The van der Waals surface area contributed by atoms with Crippen LogP contribution in [0.4, 0.5) is 0 Å². The van der Waals surface area contributed by atoms with Gasteiger partial charge in [-0.1, -0.05) is 17.7 Å². The normalized spacial score (nSPS) is 10.9. The number of hydrogen-bond donors (Lipinski definition) is 0. The molecule has 0 saturated carbocycles. The Kier molecular flexibility index (Phi) is 5.66. The molecule has 0 bridgehead atoms. The van der Waals surface area contributed by atoms with Crippen molar-refractivity contribution in [3.05, 3.63) is 51.3 Å². The van der Waals surface area contributed by atoms with Crippen LogP contribution in [0.25, 0.3) is 21.3 Å². The molecule has 0 amide bonds. The van der Waals surface area contributed by atoms with Gasteiger partial charge in [0, 0.05) is 10.9 Å². The first kappa shape index (κ1) is 19.6. The van der Waals surface area contributed by atoms with E-state index >= 15 is 0 Å². The predicted octanol–water partition coefficient (Wildman–Crippen LogP) is 5.35. The number of halogens is 1. The molecule has 0 aliphatic heterocycles. The molecule has 0 N–H and O–H groups in total. The molecule has 3 aromatic heterocycles. The molecule has 3 heterocycles. The summed E-state index contributed by atoms with van der Waals surface area (Å²) in [4.78, 5) is 22.3. The van der Waals surface area contributed by atoms with Crippen molar-refractivity contribution in [2.75, 3.05) is 20.8 Å². The van der Waals surface area contributed by atoms with Crippen LogP contribution in [0.1, 0.15) is 9.67 Å². The van der Waals surface area contributed by atoms with Crippen molar-refractivity contribution in [1.29, 1.82) is 0 Å². The standard InChI is InChI=1S/C20H15ClN2O4S2/c1-25-14-4-3-11(7-15(14)26-2)12-9-28-20-18(12)19(22-10-23-20)27-8-13(24)16-5-6-17(21)29-16/h3-7,9-10H,8H2,1-2H3. The minimum atomic E-state index is -0.156. The van der Waals surface area contributed by atoms with Gasteiger partial charge in [-0.2, -0.15) is 0 Å². The molecule has 6 nitrogen and oxygen atoms in total. The van der Waals surface area contributed by atoms with E-state index in [9.17, 15) is 4.79 Å². The number of fused-ring (bicyclic) bond motifs is 1. The number of rotatable bonds is 7. The molecule has 4 aromatic rings. The zero-order valence-electron chi connectivity index (χ0n) is 15.5. The highest BCUT2D eigenvalue weighted by molar-refractivity contribution is 7.18. The number of carbonyl (C=O) groups is 1. The highest BCUT2D eigenvalue weighted by Crippen LogP contribution is 2.40. The van der Waals surface area contributed by atoms with Gasteiger partial charge in [-0.25, -0.2) is 9.97 Å². The Hall–Kier alpha value is -2.68. The molecule has 0 fully saturated rings. The molecule has 0 unspecified atom stereocenters. The van der Waals surface area contributed by atoms with Gasteiger partial charge in [0.1, 0.15) is 11.2 Å². The number of aromatic nitrogens is 2. The molecule has 0 aliphatic carbocycles. The lowest BCUT2D eigenvalue weighted by Crippen LogP contribution is -2.11. The van der Waals surface area contributed by atoms with Crippen molar-refractivity contribution < 1.29 is 19.0 Å². The molecule has 148 valence electrons. The number of thiophene rings is 2. The lowest BCUT2D eigenvalue weighted by Gasteiger charge is -2.10. The van der Waals surface area contributed by atoms with Crippen molar-refractivity contribution in [3.63, 3.8) is 0 Å². The second-order valence-corrected chi connectivity index (χ2v) is 8.47. The summed E-state index contributed by atoms with van der Waals surface area (Å²) in [6, 6.07) is 9.03. The van der Waals surface area contributed by atoms with Crippen molar-refractivity contribution in [3.8, 4) is 28.5 Å². The lowest BCUT2D eigenvalue weighted by molar-refractivity contribution is 0.0923. The molecule has 0 spiro atoms. The monoisotopic (exact) mass is 446 g/mol. The van der Waals surface area contributed by atoms with Crippen LogP contribution in [0.5, 0.6) is 17.4 Å². The summed E-state index contributed by atoms with van der Waals surface area (Å²) in [7, 11) is 3.18. The minimum absolute atomic E-state index is 0.135. The van der Waals surface area contributed by atoms with E-state index < -0.39 is 0 Å². The van der Waals surface area contributed by atoms with Gasteiger partial charge in [0.2, 0.25) is 11.7 Å². The first-order valence-corrected chi connectivity index (χ1v) is 10.5. The summed E-state index contributed by atoms with van der Waals surface area (Å²) >= 11 is 8.61. The van der Waals surface area contributed by atoms with Crippen molar-refractivity contribution >= 4 is 50.3 Å². The van der Waals surface area contributed by atoms with Crippen LogP contribution in [0, 0.1) is 0 Å². The van der Waals surface area contributed by atoms with Crippen molar-refractivity contribution in [2.45, 2.75) is 0 Å². The Morgan fingerprint density at radius 1 is 1.10 bits per heavy atom. The molecular formula is C20H15ClN2O4S2. The van der Waals surface area contributed by atoms with Gasteiger partial charge in [0.05, 0.1) is 28.8 Å². The van der Waals surface area contributed by atoms with Crippen molar-refractivity contribution in [2.24, 2.45) is 0 Å². The number of benzene rings is 1. The lowest BCUT2D eigenvalue weighted by atomic mass is 10.1. The van der Waals surface area contributed by atoms with Crippen molar-refractivity contribution in [1.82, 2.24) is 9.97 Å². The fourth-order valence-electron chi connectivity index (χ4n) is 2.84. The average molecular weight is 447 g/mol. The predicted molar refractivity (Wildman–Crippen MR) is 115 cm³/mol. The zero-order chi connectivity index (χ0) is 20.4. The molecule has 29 heavy (non-hydrogen) atoms. The highest BCUT2D eigenvalue weighted by Gasteiger charge is 2.17. The largest absolute Gasteiger partial charge is 0.493 e. The van der Waals surface area contributed by atoms with E-state index in [1.165, 1.54) is 29.0 Å². The number of hydrogen-bond acceptors (Lipinski definition) is 8. The molecule has 9 heteroatoms. The van der Waals surface area contributed by atoms with Gasteiger partial charge < -0.3 is 14.2 Å². The number of ketones is 1. The molecular weight excluding hydrogens is 432 g/mol. The number of methoxy groups -OCH3 is 2. The Morgan fingerprint density at radius 3 is 2.66 bits per heavy atom. The van der Waals surface area contributed by atoms with Crippen LogP contribution >= 0.6 is 34.3 Å². The van der Waals surface area contributed by atoms with E-state index in [1.807, 2.05) is 23.6 Å². The highest BCUT2D eigenvalue weighted by atomic mass is 35.5. The quantitative estimate of drug-likeness (QED) is 0.356. The fraction of sp³-hybridized carbons (Fsp3) is 0.150. The topological polar surface area (TPSA) is 70.5 Å². The van der Waals surface area contributed by atoms with Crippen LogP contribution in [-0.2, 0) is 0 Å². The number of carbonyl (C=O) groups excluding carboxylic acids is 1. The SMILES string of the molecule is COc1ccc(-c2csc3ncnc(OCC(=O)c4ccc(Cl)s4)c23)cc1OC.